The number of urea groups is 1. The number of amides is 4. The molecular formula is C24H27N3O5S. The minimum atomic E-state index is -0.750. The number of anilines is 1. The van der Waals surface area contributed by atoms with Gasteiger partial charge in [-0.05, 0) is 56.0 Å². The predicted octanol–water partition coefficient (Wildman–Crippen LogP) is 3.52. The molecule has 0 bridgehead atoms. The molecule has 1 saturated heterocycles. The van der Waals surface area contributed by atoms with E-state index in [1.165, 1.54) is 11.8 Å². The van der Waals surface area contributed by atoms with Crippen LogP contribution in [0.3, 0.4) is 0 Å². The summed E-state index contributed by atoms with van der Waals surface area (Å²) in [4.78, 5) is 51.4. The molecule has 0 saturated carbocycles. The number of likely N-dealkylation sites (tertiary alicyclic amines) is 1. The van der Waals surface area contributed by atoms with Crippen LogP contribution in [0.4, 0.5) is 10.5 Å². The fraction of sp³-hybridized carbons (Fsp3) is 0.333. The molecule has 9 heteroatoms. The van der Waals surface area contributed by atoms with Crippen molar-refractivity contribution in [2.75, 3.05) is 30.8 Å². The van der Waals surface area contributed by atoms with Crippen LogP contribution >= 0.6 is 11.8 Å². The van der Waals surface area contributed by atoms with E-state index >= 15 is 0 Å². The van der Waals surface area contributed by atoms with Crippen LogP contribution in [0, 0.1) is 13.8 Å². The van der Waals surface area contributed by atoms with E-state index in [0.29, 0.717) is 10.6 Å². The van der Waals surface area contributed by atoms with Gasteiger partial charge in [0, 0.05) is 23.7 Å². The fourth-order valence-electron chi connectivity index (χ4n) is 3.37. The quantitative estimate of drug-likeness (QED) is 0.475. The van der Waals surface area contributed by atoms with Crippen LogP contribution < -0.4 is 10.6 Å². The van der Waals surface area contributed by atoms with E-state index in [2.05, 4.69) is 10.6 Å². The smallest absolute Gasteiger partial charge is 0.339 e. The summed E-state index contributed by atoms with van der Waals surface area (Å²) >= 11 is 1.26. The molecule has 174 valence electrons. The molecule has 0 aliphatic carbocycles. The van der Waals surface area contributed by atoms with Crippen LogP contribution in [0.15, 0.2) is 47.4 Å². The number of thioether (sulfide) groups is 1. The molecule has 2 aromatic carbocycles. The maximum atomic E-state index is 12.5. The first-order valence-electron chi connectivity index (χ1n) is 10.7. The molecule has 0 aromatic heterocycles. The van der Waals surface area contributed by atoms with E-state index in [-0.39, 0.29) is 17.2 Å². The largest absolute Gasteiger partial charge is 0.452 e. The second-order valence-corrected chi connectivity index (χ2v) is 8.72. The van der Waals surface area contributed by atoms with Gasteiger partial charge in [-0.3, -0.25) is 14.9 Å². The fourth-order valence-corrected chi connectivity index (χ4v) is 4.31. The van der Waals surface area contributed by atoms with Crippen molar-refractivity contribution in [3.8, 4) is 0 Å². The minimum absolute atomic E-state index is 0.0370. The molecule has 0 atom stereocenters. The molecule has 2 aromatic rings. The number of hydrogen-bond donors (Lipinski definition) is 2. The molecule has 8 nitrogen and oxygen atoms in total. The van der Waals surface area contributed by atoms with Gasteiger partial charge in [0.2, 0.25) is 5.91 Å². The van der Waals surface area contributed by atoms with E-state index < -0.39 is 24.5 Å². The summed E-state index contributed by atoms with van der Waals surface area (Å²) in [5.41, 5.74) is 2.76. The number of nitrogens with one attached hydrogen (secondary N) is 2. The predicted molar refractivity (Wildman–Crippen MR) is 126 cm³/mol. The van der Waals surface area contributed by atoms with Crippen molar-refractivity contribution in [3.63, 3.8) is 0 Å². The summed E-state index contributed by atoms with van der Waals surface area (Å²) in [6.45, 7) is 4.72. The lowest BCUT2D eigenvalue weighted by Gasteiger charge is -2.15. The standard InChI is InChI=1S/C24H27N3O5S/c1-16-8-7-10-19(17(16)2)25-24(31)26-21(28)14-32-23(30)18-9-3-4-11-20(18)33-15-22(29)27-12-5-6-13-27/h3-4,7-11H,5-6,12-15H2,1-2H3,(H2,25,26,28,31). The normalized spacial score (nSPS) is 12.8. The molecule has 4 amide bonds. The van der Waals surface area contributed by atoms with Crippen molar-refractivity contribution in [1.29, 1.82) is 0 Å². The lowest BCUT2D eigenvalue weighted by atomic mass is 10.1. The number of nitrogens with zero attached hydrogens (tertiary/aromatic N) is 1. The van der Waals surface area contributed by atoms with Crippen LogP contribution in [0.1, 0.15) is 34.3 Å². The van der Waals surface area contributed by atoms with E-state index in [1.807, 2.05) is 24.8 Å². The van der Waals surface area contributed by atoms with Gasteiger partial charge in [0.05, 0.1) is 11.3 Å². The van der Waals surface area contributed by atoms with Crippen LogP contribution in [0.25, 0.3) is 0 Å². The van der Waals surface area contributed by atoms with E-state index in [1.54, 1.807) is 36.4 Å². The second kappa shape index (κ2) is 11.5. The van der Waals surface area contributed by atoms with Crippen molar-refractivity contribution in [1.82, 2.24) is 10.2 Å². The van der Waals surface area contributed by atoms with Gasteiger partial charge in [-0.15, -0.1) is 11.8 Å². The van der Waals surface area contributed by atoms with Gasteiger partial charge >= 0.3 is 12.0 Å². The summed E-state index contributed by atoms with van der Waals surface area (Å²) < 4.78 is 5.09. The Hall–Kier alpha value is -3.33. The molecular weight excluding hydrogens is 442 g/mol. The lowest BCUT2D eigenvalue weighted by Crippen LogP contribution is -2.37. The van der Waals surface area contributed by atoms with E-state index in [4.69, 9.17) is 4.74 Å². The summed E-state index contributed by atoms with van der Waals surface area (Å²) in [6.07, 6.45) is 2.04. The molecule has 33 heavy (non-hydrogen) atoms. The van der Waals surface area contributed by atoms with Crippen molar-refractivity contribution < 1.29 is 23.9 Å². The average molecular weight is 470 g/mol. The highest BCUT2D eigenvalue weighted by atomic mass is 32.2. The van der Waals surface area contributed by atoms with Crippen LogP contribution in [-0.2, 0) is 14.3 Å². The Labute approximate surface area is 197 Å². The molecule has 1 aliphatic rings. The first kappa shape index (κ1) is 24.3. The number of rotatable bonds is 7. The van der Waals surface area contributed by atoms with Gasteiger partial charge < -0.3 is 15.0 Å². The first-order valence-corrected chi connectivity index (χ1v) is 11.7. The SMILES string of the molecule is Cc1cccc(NC(=O)NC(=O)COC(=O)c2ccccc2SCC(=O)N2CCCC2)c1C. The second-order valence-electron chi connectivity index (χ2n) is 7.70. The Morgan fingerprint density at radius 2 is 1.73 bits per heavy atom. The number of ether oxygens (including phenoxy) is 1. The zero-order valence-corrected chi connectivity index (χ0v) is 19.5. The Balaban J connectivity index is 1.49. The summed E-state index contributed by atoms with van der Waals surface area (Å²) in [7, 11) is 0. The summed E-state index contributed by atoms with van der Waals surface area (Å²) in [5, 5.41) is 4.76. The topological polar surface area (TPSA) is 105 Å². The van der Waals surface area contributed by atoms with Gasteiger partial charge in [0.25, 0.3) is 5.91 Å². The molecule has 1 heterocycles. The average Bonchev–Trinajstić information content (AvgIpc) is 3.34. The monoisotopic (exact) mass is 469 g/mol. The number of imide groups is 1. The molecule has 1 fully saturated rings. The highest BCUT2D eigenvalue weighted by Crippen LogP contribution is 2.24. The van der Waals surface area contributed by atoms with Crippen molar-refractivity contribution in [3.05, 3.63) is 59.2 Å². The highest BCUT2D eigenvalue weighted by Gasteiger charge is 2.20. The third-order valence-electron chi connectivity index (χ3n) is 5.36. The van der Waals surface area contributed by atoms with Crippen LogP contribution in [0.2, 0.25) is 0 Å². The van der Waals surface area contributed by atoms with Gasteiger partial charge in [-0.1, -0.05) is 24.3 Å². The molecule has 0 radical (unpaired) electrons. The van der Waals surface area contributed by atoms with Crippen LogP contribution in [-0.4, -0.2) is 54.2 Å². The van der Waals surface area contributed by atoms with Gasteiger partial charge in [0.1, 0.15) is 0 Å². The van der Waals surface area contributed by atoms with Crippen LogP contribution in [0.5, 0.6) is 0 Å². The Kier molecular flexibility index (Phi) is 8.48. The van der Waals surface area contributed by atoms with Crippen molar-refractivity contribution >= 4 is 41.3 Å². The number of carbonyl (C=O) groups excluding carboxylic acids is 4. The Bertz CT molecular complexity index is 1050. The Morgan fingerprint density at radius 3 is 2.48 bits per heavy atom. The molecule has 0 spiro atoms. The van der Waals surface area contributed by atoms with Crippen molar-refractivity contribution in [2.24, 2.45) is 0 Å². The third kappa shape index (κ3) is 6.82. The minimum Gasteiger partial charge on any atom is -0.452 e. The molecule has 1 aliphatic heterocycles. The van der Waals surface area contributed by atoms with E-state index in [0.717, 1.165) is 37.1 Å². The van der Waals surface area contributed by atoms with E-state index in [9.17, 15) is 19.2 Å². The summed E-state index contributed by atoms with van der Waals surface area (Å²) in [6, 6.07) is 11.5. The Morgan fingerprint density at radius 1 is 1.00 bits per heavy atom. The first-order chi connectivity index (χ1) is 15.8. The molecule has 2 N–H and O–H groups in total. The number of benzene rings is 2. The number of esters is 1. The third-order valence-corrected chi connectivity index (χ3v) is 6.42. The zero-order chi connectivity index (χ0) is 23.8. The van der Waals surface area contributed by atoms with Gasteiger partial charge in [-0.25, -0.2) is 9.59 Å². The maximum Gasteiger partial charge on any atom is 0.339 e. The van der Waals surface area contributed by atoms with Crippen molar-refractivity contribution in [2.45, 2.75) is 31.6 Å². The zero-order valence-electron chi connectivity index (χ0n) is 18.7. The number of hydrogen-bond acceptors (Lipinski definition) is 6. The number of aryl methyl sites for hydroxylation is 1. The number of carbonyl (C=O) groups is 4. The highest BCUT2D eigenvalue weighted by molar-refractivity contribution is 8.00. The maximum absolute atomic E-state index is 12.5. The van der Waals surface area contributed by atoms with Gasteiger partial charge in [0.15, 0.2) is 6.61 Å². The lowest BCUT2D eigenvalue weighted by molar-refractivity contribution is -0.127. The van der Waals surface area contributed by atoms with Gasteiger partial charge in [-0.2, -0.15) is 0 Å². The summed E-state index contributed by atoms with van der Waals surface area (Å²) in [5.74, 6) is -1.18. The molecule has 3 rings (SSSR count). The molecule has 0 unspecified atom stereocenters.